The standard InChI is InChI=1S/C19H25N3O4/c1-4-22-9-8-13(20-22)10-21-11-15(16(12-21)19(23)24)14-6-5-7-17(25-2)18(14)26-3/h5-9,15-16H,4,10-12H2,1-3H3,(H,23,24)/t15-,16+/m0/s1. The number of para-hydroxylation sites is 1. The van der Waals surface area contributed by atoms with E-state index < -0.39 is 11.9 Å². The van der Waals surface area contributed by atoms with Crippen molar-refractivity contribution in [2.45, 2.75) is 25.9 Å². The first-order valence-corrected chi connectivity index (χ1v) is 8.75. The summed E-state index contributed by atoms with van der Waals surface area (Å²) in [4.78, 5) is 14.0. The number of likely N-dealkylation sites (tertiary alicyclic amines) is 1. The zero-order valence-electron chi connectivity index (χ0n) is 15.4. The molecule has 1 saturated heterocycles. The first kappa shape index (κ1) is 18.3. The molecule has 7 heteroatoms. The molecule has 2 aromatic rings. The van der Waals surface area contributed by atoms with Gasteiger partial charge in [-0.15, -0.1) is 0 Å². The third-order valence-electron chi connectivity index (χ3n) is 4.95. The lowest BCUT2D eigenvalue weighted by molar-refractivity contribution is -0.141. The molecule has 140 valence electrons. The van der Waals surface area contributed by atoms with Crippen molar-refractivity contribution in [2.75, 3.05) is 27.3 Å². The van der Waals surface area contributed by atoms with E-state index in [1.165, 1.54) is 0 Å². The number of ether oxygens (including phenoxy) is 2. The number of hydrogen-bond donors (Lipinski definition) is 1. The van der Waals surface area contributed by atoms with Gasteiger partial charge in [-0.3, -0.25) is 14.4 Å². The van der Waals surface area contributed by atoms with Crippen LogP contribution in [0.3, 0.4) is 0 Å². The predicted molar refractivity (Wildman–Crippen MR) is 96.6 cm³/mol. The molecule has 1 aliphatic rings. The van der Waals surface area contributed by atoms with Crippen molar-refractivity contribution >= 4 is 5.97 Å². The second-order valence-corrected chi connectivity index (χ2v) is 6.49. The first-order chi connectivity index (χ1) is 12.6. The van der Waals surface area contributed by atoms with Crippen LogP contribution in [-0.2, 0) is 17.9 Å². The second kappa shape index (κ2) is 7.78. The predicted octanol–water partition coefficient (Wildman–Crippen LogP) is 2.22. The Balaban J connectivity index is 1.85. The molecule has 0 saturated carbocycles. The summed E-state index contributed by atoms with van der Waals surface area (Å²) >= 11 is 0. The third-order valence-corrected chi connectivity index (χ3v) is 4.95. The van der Waals surface area contributed by atoms with E-state index in [2.05, 4.69) is 10.00 Å². The Morgan fingerprint density at radius 2 is 2.08 bits per heavy atom. The Bertz CT molecular complexity index is 774. The zero-order valence-corrected chi connectivity index (χ0v) is 15.4. The second-order valence-electron chi connectivity index (χ2n) is 6.49. The van der Waals surface area contributed by atoms with Crippen molar-refractivity contribution in [2.24, 2.45) is 5.92 Å². The van der Waals surface area contributed by atoms with Gasteiger partial charge in [-0.1, -0.05) is 12.1 Å². The summed E-state index contributed by atoms with van der Waals surface area (Å²) in [7, 11) is 3.17. The molecule has 1 N–H and O–H groups in total. The van der Waals surface area contributed by atoms with Crippen molar-refractivity contribution in [3.8, 4) is 11.5 Å². The molecule has 3 rings (SSSR count). The largest absolute Gasteiger partial charge is 0.493 e. The lowest BCUT2D eigenvalue weighted by Gasteiger charge is -2.20. The SMILES string of the molecule is CCn1ccc(CN2C[C@@H](C(=O)O)[C@H](c3cccc(OC)c3OC)C2)n1. The molecule has 1 aromatic carbocycles. The molecule has 26 heavy (non-hydrogen) atoms. The molecule has 1 aromatic heterocycles. The summed E-state index contributed by atoms with van der Waals surface area (Å²) < 4.78 is 12.8. The van der Waals surface area contributed by atoms with Crippen LogP contribution >= 0.6 is 0 Å². The van der Waals surface area contributed by atoms with E-state index in [0.29, 0.717) is 31.1 Å². The Hall–Kier alpha value is -2.54. The minimum atomic E-state index is -0.790. The average Bonchev–Trinajstić information content (AvgIpc) is 3.28. The van der Waals surface area contributed by atoms with Crippen LogP contribution < -0.4 is 9.47 Å². The van der Waals surface area contributed by atoms with Crippen LogP contribution in [0.25, 0.3) is 0 Å². The van der Waals surface area contributed by atoms with Gasteiger partial charge in [0.15, 0.2) is 11.5 Å². The molecule has 2 atom stereocenters. The molecule has 1 aliphatic heterocycles. The van der Waals surface area contributed by atoms with E-state index in [-0.39, 0.29) is 5.92 Å². The topological polar surface area (TPSA) is 76.8 Å². The van der Waals surface area contributed by atoms with Gasteiger partial charge in [-0.2, -0.15) is 5.10 Å². The van der Waals surface area contributed by atoms with E-state index >= 15 is 0 Å². The average molecular weight is 359 g/mol. The molecule has 0 bridgehead atoms. The van der Waals surface area contributed by atoms with E-state index in [1.54, 1.807) is 14.2 Å². The van der Waals surface area contributed by atoms with Gasteiger partial charge in [0, 0.05) is 43.9 Å². The highest BCUT2D eigenvalue weighted by Crippen LogP contribution is 2.42. The number of aryl methyl sites for hydroxylation is 1. The van der Waals surface area contributed by atoms with E-state index in [1.807, 2.05) is 42.1 Å². The molecular formula is C19H25N3O4. The number of carboxylic acids is 1. The number of hydrogen-bond acceptors (Lipinski definition) is 5. The minimum absolute atomic E-state index is 0.161. The number of benzene rings is 1. The molecule has 0 spiro atoms. The number of methoxy groups -OCH3 is 2. The highest BCUT2D eigenvalue weighted by Gasteiger charge is 2.40. The molecular weight excluding hydrogens is 334 g/mol. The smallest absolute Gasteiger partial charge is 0.308 e. The summed E-state index contributed by atoms with van der Waals surface area (Å²) in [6, 6.07) is 7.61. The number of rotatable bonds is 7. The van der Waals surface area contributed by atoms with Crippen molar-refractivity contribution in [3.05, 3.63) is 41.7 Å². The van der Waals surface area contributed by atoms with Crippen LogP contribution in [0.4, 0.5) is 0 Å². The van der Waals surface area contributed by atoms with E-state index in [4.69, 9.17) is 9.47 Å². The fourth-order valence-corrected chi connectivity index (χ4v) is 3.68. The quantitative estimate of drug-likeness (QED) is 0.817. The molecule has 7 nitrogen and oxygen atoms in total. The van der Waals surface area contributed by atoms with Gasteiger partial charge < -0.3 is 14.6 Å². The summed E-state index contributed by atoms with van der Waals surface area (Å²) in [5.41, 5.74) is 1.83. The monoisotopic (exact) mass is 359 g/mol. The van der Waals surface area contributed by atoms with Gasteiger partial charge in [0.1, 0.15) is 0 Å². The van der Waals surface area contributed by atoms with Crippen molar-refractivity contribution in [1.82, 2.24) is 14.7 Å². The van der Waals surface area contributed by atoms with Gasteiger partial charge in [-0.05, 0) is 19.1 Å². The van der Waals surface area contributed by atoms with Crippen LogP contribution in [0.15, 0.2) is 30.5 Å². The van der Waals surface area contributed by atoms with Crippen molar-refractivity contribution in [3.63, 3.8) is 0 Å². The Kier molecular flexibility index (Phi) is 5.46. The molecule has 0 unspecified atom stereocenters. The van der Waals surface area contributed by atoms with Crippen LogP contribution in [0, 0.1) is 5.92 Å². The summed E-state index contributed by atoms with van der Waals surface area (Å²) in [5.74, 6) is -0.214. The van der Waals surface area contributed by atoms with Crippen LogP contribution in [0.2, 0.25) is 0 Å². The lowest BCUT2D eigenvalue weighted by Crippen LogP contribution is -2.23. The Morgan fingerprint density at radius 1 is 1.27 bits per heavy atom. The van der Waals surface area contributed by atoms with Gasteiger partial charge in [-0.25, -0.2) is 0 Å². The van der Waals surface area contributed by atoms with E-state index in [9.17, 15) is 9.90 Å². The first-order valence-electron chi connectivity index (χ1n) is 8.75. The lowest BCUT2D eigenvalue weighted by atomic mass is 9.88. The Labute approximate surface area is 153 Å². The van der Waals surface area contributed by atoms with Gasteiger partial charge in [0.05, 0.1) is 25.8 Å². The van der Waals surface area contributed by atoms with Crippen molar-refractivity contribution in [1.29, 1.82) is 0 Å². The summed E-state index contributed by atoms with van der Waals surface area (Å²) in [6.07, 6.45) is 1.95. The molecule has 0 radical (unpaired) electrons. The molecule has 0 aliphatic carbocycles. The fraction of sp³-hybridized carbons (Fsp3) is 0.474. The van der Waals surface area contributed by atoms with Crippen LogP contribution in [0.5, 0.6) is 11.5 Å². The highest BCUT2D eigenvalue weighted by atomic mass is 16.5. The summed E-state index contributed by atoms with van der Waals surface area (Å²) in [6.45, 7) is 4.62. The van der Waals surface area contributed by atoms with Crippen molar-refractivity contribution < 1.29 is 19.4 Å². The number of carboxylic acid groups (broad SMARTS) is 1. The van der Waals surface area contributed by atoms with Crippen LogP contribution in [0.1, 0.15) is 24.1 Å². The summed E-state index contributed by atoms with van der Waals surface area (Å²) in [5, 5.41) is 14.2. The normalized spacial score (nSPS) is 20.3. The van der Waals surface area contributed by atoms with Gasteiger partial charge in [0.25, 0.3) is 0 Å². The molecule has 1 fully saturated rings. The number of nitrogens with zero attached hydrogens (tertiary/aromatic N) is 3. The van der Waals surface area contributed by atoms with Gasteiger partial charge in [0.2, 0.25) is 0 Å². The van der Waals surface area contributed by atoms with Crippen LogP contribution in [-0.4, -0.2) is 53.1 Å². The third kappa shape index (κ3) is 3.53. The fourth-order valence-electron chi connectivity index (χ4n) is 3.68. The molecule has 0 amide bonds. The number of aromatic nitrogens is 2. The highest BCUT2D eigenvalue weighted by molar-refractivity contribution is 5.73. The minimum Gasteiger partial charge on any atom is -0.493 e. The maximum Gasteiger partial charge on any atom is 0.308 e. The number of carbonyl (C=O) groups is 1. The Morgan fingerprint density at radius 3 is 2.69 bits per heavy atom. The number of aliphatic carboxylic acids is 1. The maximum absolute atomic E-state index is 11.9. The van der Waals surface area contributed by atoms with E-state index in [0.717, 1.165) is 17.8 Å². The maximum atomic E-state index is 11.9. The zero-order chi connectivity index (χ0) is 18.7. The van der Waals surface area contributed by atoms with Gasteiger partial charge >= 0.3 is 5.97 Å². The molecule has 2 heterocycles.